The topological polar surface area (TPSA) is 44.9 Å². The van der Waals surface area contributed by atoms with Gasteiger partial charge in [-0.05, 0) is 51.0 Å². The van der Waals surface area contributed by atoms with Crippen molar-refractivity contribution in [1.29, 1.82) is 0 Å². The Morgan fingerprint density at radius 2 is 1.95 bits per heavy atom. The van der Waals surface area contributed by atoms with Crippen LogP contribution in [0.3, 0.4) is 0 Å². The maximum absolute atomic E-state index is 13.6. The lowest BCUT2D eigenvalue weighted by atomic mass is 10.2. The molecule has 0 spiro atoms. The molecule has 0 saturated carbocycles. The highest BCUT2D eigenvalue weighted by molar-refractivity contribution is 7.19. The zero-order valence-corrected chi connectivity index (χ0v) is 13.7. The number of H-pyrrole nitrogens is 1. The summed E-state index contributed by atoms with van der Waals surface area (Å²) in [7, 11) is 0. The van der Waals surface area contributed by atoms with Crippen LogP contribution in [0.2, 0.25) is 0 Å². The quantitative estimate of drug-likeness (QED) is 0.697. The average molecular weight is 316 g/mol. The van der Waals surface area contributed by atoms with Crippen LogP contribution in [0.25, 0.3) is 10.2 Å². The fourth-order valence-corrected chi connectivity index (χ4v) is 3.68. The second-order valence-corrected chi connectivity index (χ2v) is 6.76. The van der Waals surface area contributed by atoms with E-state index in [1.807, 2.05) is 20.8 Å². The molecule has 3 rings (SSSR count). The summed E-state index contributed by atoms with van der Waals surface area (Å²) in [5.74, 6) is -0.537. The van der Waals surface area contributed by atoms with Gasteiger partial charge in [-0.3, -0.25) is 4.79 Å². The smallest absolute Gasteiger partial charge is 0.258 e. The number of carbonyl (C=O) groups excluding carboxylic acids is 1. The molecule has 2 heterocycles. The zero-order valence-electron chi connectivity index (χ0n) is 12.9. The molecule has 0 aliphatic heterocycles. The largest absolute Gasteiger partial charge is 0.357 e. The number of amides is 1. The zero-order chi connectivity index (χ0) is 16.0. The van der Waals surface area contributed by atoms with Crippen LogP contribution in [0.4, 0.5) is 10.1 Å². The number of anilines is 1. The Morgan fingerprint density at radius 1 is 1.23 bits per heavy atom. The van der Waals surface area contributed by atoms with Gasteiger partial charge in [-0.15, -0.1) is 11.3 Å². The lowest BCUT2D eigenvalue weighted by Gasteiger charge is -2.06. The van der Waals surface area contributed by atoms with E-state index in [0.29, 0.717) is 16.8 Å². The van der Waals surface area contributed by atoms with Gasteiger partial charge in [0.2, 0.25) is 0 Å². The summed E-state index contributed by atoms with van der Waals surface area (Å²) in [5, 5.41) is 2.78. The normalized spacial score (nSPS) is 11.1. The van der Waals surface area contributed by atoms with E-state index < -0.39 is 0 Å². The van der Waals surface area contributed by atoms with Crippen molar-refractivity contribution < 1.29 is 9.18 Å². The Morgan fingerprint density at radius 3 is 2.64 bits per heavy atom. The Bertz CT molecular complexity index is 892. The molecule has 0 aliphatic rings. The third kappa shape index (κ3) is 2.31. The van der Waals surface area contributed by atoms with Crippen molar-refractivity contribution in [1.82, 2.24) is 4.98 Å². The molecule has 114 valence electrons. The van der Waals surface area contributed by atoms with Crippen molar-refractivity contribution in [2.75, 3.05) is 5.32 Å². The fraction of sp³-hybridized carbons (Fsp3) is 0.235. The van der Waals surface area contributed by atoms with Gasteiger partial charge in [0.15, 0.2) is 0 Å². The van der Waals surface area contributed by atoms with Gasteiger partial charge in [0.25, 0.3) is 5.91 Å². The van der Waals surface area contributed by atoms with Gasteiger partial charge in [0.1, 0.15) is 5.82 Å². The first kappa shape index (κ1) is 14.8. The highest BCUT2D eigenvalue weighted by Crippen LogP contribution is 2.34. The molecule has 0 unspecified atom stereocenters. The number of aromatic nitrogens is 1. The summed E-state index contributed by atoms with van der Waals surface area (Å²) in [4.78, 5) is 16.8. The monoisotopic (exact) mass is 316 g/mol. The summed E-state index contributed by atoms with van der Waals surface area (Å²) in [6.07, 6.45) is 0. The lowest BCUT2D eigenvalue weighted by Crippen LogP contribution is -2.12. The van der Waals surface area contributed by atoms with Crippen LogP contribution in [0.5, 0.6) is 0 Å². The number of fused-ring (bicyclic) bond motifs is 1. The second-order valence-electron chi connectivity index (χ2n) is 5.53. The third-order valence-corrected chi connectivity index (χ3v) is 5.18. The van der Waals surface area contributed by atoms with E-state index in [1.54, 1.807) is 30.4 Å². The van der Waals surface area contributed by atoms with Crippen molar-refractivity contribution in [3.8, 4) is 0 Å². The van der Waals surface area contributed by atoms with Gasteiger partial charge < -0.3 is 10.3 Å². The summed E-state index contributed by atoms with van der Waals surface area (Å²) in [6, 6.07) is 4.71. The molecule has 1 aromatic carbocycles. The van der Waals surface area contributed by atoms with Gasteiger partial charge in [0, 0.05) is 16.3 Å². The van der Waals surface area contributed by atoms with Gasteiger partial charge in [0.05, 0.1) is 15.8 Å². The Hall–Kier alpha value is -2.14. The molecule has 0 atom stereocenters. The number of hydrogen-bond donors (Lipinski definition) is 2. The first-order valence-corrected chi connectivity index (χ1v) is 7.86. The van der Waals surface area contributed by atoms with E-state index in [0.717, 1.165) is 20.8 Å². The van der Waals surface area contributed by atoms with Crippen LogP contribution >= 0.6 is 11.3 Å². The summed E-state index contributed by atoms with van der Waals surface area (Å²) in [6.45, 7) is 7.66. The molecule has 3 nitrogen and oxygen atoms in total. The minimum absolute atomic E-state index is 0.215. The van der Waals surface area contributed by atoms with Crippen molar-refractivity contribution in [2.45, 2.75) is 27.7 Å². The van der Waals surface area contributed by atoms with Crippen LogP contribution in [-0.2, 0) is 0 Å². The van der Waals surface area contributed by atoms with Gasteiger partial charge >= 0.3 is 0 Å². The van der Waals surface area contributed by atoms with Crippen molar-refractivity contribution in [3.63, 3.8) is 0 Å². The summed E-state index contributed by atoms with van der Waals surface area (Å²) >= 11 is 1.60. The number of rotatable bonds is 2. The molecule has 1 amide bonds. The van der Waals surface area contributed by atoms with E-state index in [2.05, 4.69) is 10.3 Å². The molecular weight excluding hydrogens is 299 g/mol. The Balaban J connectivity index is 2.00. The second kappa shape index (κ2) is 5.25. The minimum atomic E-state index is -0.323. The number of carbonyl (C=O) groups is 1. The predicted octanol–water partition coefficient (Wildman–Crippen LogP) is 4.85. The standard InChI is InChI=1S/C17H17FN2OS/c1-8-5-6-12(7-13(8)18)20-17(21)14-11(4)22-16-9(2)10(3)19-15(14)16/h5-7,19H,1-4H3,(H,20,21). The molecule has 0 saturated heterocycles. The van der Waals surface area contributed by atoms with E-state index in [-0.39, 0.29) is 11.7 Å². The van der Waals surface area contributed by atoms with Crippen molar-refractivity contribution in [2.24, 2.45) is 0 Å². The Labute approximate surface area is 132 Å². The first-order chi connectivity index (χ1) is 10.4. The SMILES string of the molecule is Cc1ccc(NC(=O)c2c(C)sc3c(C)c(C)[nH]c23)cc1F. The summed E-state index contributed by atoms with van der Waals surface area (Å²) in [5.41, 5.74) is 4.76. The average Bonchev–Trinajstić information content (AvgIpc) is 2.90. The molecule has 2 N–H and O–H groups in total. The molecule has 5 heteroatoms. The van der Waals surface area contributed by atoms with Gasteiger partial charge in [-0.25, -0.2) is 4.39 Å². The van der Waals surface area contributed by atoms with Crippen LogP contribution in [0, 0.1) is 33.5 Å². The third-order valence-electron chi connectivity index (χ3n) is 3.96. The van der Waals surface area contributed by atoms with E-state index in [1.165, 1.54) is 11.6 Å². The molecule has 0 bridgehead atoms. The summed E-state index contributed by atoms with van der Waals surface area (Å²) < 4.78 is 14.7. The lowest BCUT2D eigenvalue weighted by molar-refractivity contribution is 0.102. The predicted molar refractivity (Wildman–Crippen MR) is 89.5 cm³/mol. The van der Waals surface area contributed by atoms with E-state index >= 15 is 0 Å². The Kier molecular flexibility index (Phi) is 3.53. The number of hydrogen-bond acceptors (Lipinski definition) is 2. The molecule has 2 aromatic heterocycles. The van der Waals surface area contributed by atoms with Gasteiger partial charge in [-0.1, -0.05) is 6.07 Å². The van der Waals surface area contributed by atoms with Crippen LogP contribution < -0.4 is 5.32 Å². The van der Waals surface area contributed by atoms with Crippen LogP contribution in [-0.4, -0.2) is 10.9 Å². The van der Waals surface area contributed by atoms with E-state index in [4.69, 9.17) is 0 Å². The fourth-order valence-electron chi connectivity index (χ4n) is 2.52. The number of nitrogens with one attached hydrogen (secondary N) is 2. The maximum Gasteiger partial charge on any atom is 0.258 e. The number of aryl methyl sites for hydroxylation is 4. The van der Waals surface area contributed by atoms with E-state index in [9.17, 15) is 9.18 Å². The number of thiophene rings is 1. The highest BCUT2D eigenvalue weighted by atomic mass is 32.1. The van der Waals surface area contributed by atoms with Gasteiger partial charge in [-0.2, -0.15) is 0 Å². The van der Waals surface area contributed by atoms with Crippen LogP contribution in [0.1, 0.15) is 32.1 Å². The first-order valence-electron chi connectivity index (χ1n) is 7.04. The molecule has 0 fully saturated rings. The van der Waals surface area contributed by atoms with Crippen molar-refractivity contribution in [3.05, 3.63) is 51.3 Å². The molecule has 0 aliphatic carbocycles. The minimum Gasteiger partial charge on any atom is -0.357 e. The van der Waals surface area contributed by atoms with Crippen molar-refractivity contribution >= 4 is 33.1 Å². The molecule has 3 aromatic rings. The number of halogens is 1. The highest BCUT2D eigenvalue weighted by Gasteiger charge is 2.20. The maximum atomic E-state index is 13.6. The van der Waals surface area contributed by atoms with Crippen LogP contribution in [0.15, 0.2) is 18.2 Å². The molecule has 0 radical (unpaired) electrons. The molecular formula is C17H17FN2OS. The number of benzene rings is 1. The number of aromatic amines is 1. The molecule has 22 heavy (non-hydrogen) atoms.